The minimum atomic E-state index is -3.58. The number of halogens is 1. The van der Waals surface area contributed by atoms with Crippen molar-refractivity contribution in [1.82, 2.24) is 9.21 Å². The number of aryl methyl sites for hydroxylation is 1. The lowest BCUT2D eigenvalue weighted by molar-refractivity contribution is -0.117. The van der Waals surface area contributed by atoms with Crippen molar-refractivity contribution in [3.05, 3.63) is 53.1 Å². The second kappa shape index (κ2) is 9.79. The molecule has 9 heteroatoms. The van der Waals surface area contributed by atoms with Crippen LogP contribution in [0.3, 0.4) is 0 Å². The molecule has 0 spiro atoms. The van der Waals surface area contributed by atoms with Crippen molar-refractivity contribution < 1.29 is 13.2 Å². The largest absolute Gasteiger partial charge is 0.371 e. The Labute approximate surface area is 195 Å². The molecular formula is C23H29ClN4O3S. The highest BCUT2D eigenvalue weighted by Crippen LogP contribution is 2.27. The molecule has 2 aromatic carbocycles. The van der Waals surface area contributed by atoms with Gasteiger partial charge in [0.15, 0.2) is 0 Å². The molecule has 0 aromatic heterocycles. The van der Waals surface area contributed by atoms with Crippen molar-refractivity contribution in [2.24, 2.45) is 0 Å². The second-order valence-electron chi connectivity index (χ2n) is 8.38. The standard InChI is InChI=1S/C23H29ClN4O3S/c1-18-15-20(7-8-22(18)27-9-2-3-10-27)25-23(29)17-26-11-13-28(14-12-26)32(30,31)21-6-4-5-19(24)16-21/h4-8,15-16H,2-3,9-14,17H2,1H3,(H,25,29). The summed E-state index contributed by atoms with van der Waals surface area (Å²) in [6.45, 7) is 6.16. The van der Waals surface area contributed by atoms with Crippen LogP contribution in [0.25, 0.3) is 0 Å². The quantitative estimate of drug-likeness (QED) is 0.693. The minimum Gasteiger partial charge on any atom is -0.371 e. The number of nitrogens with zero attached hydrogens (tertiary/aromatic N) is 3. The van der Waals surface area contributed by atoms with Crippen LogP contribution in [0.5, 0.6) is 0 Å². The van der Waals surface area contributed by atoms with Gasteiger partial charge in [-0.1, -0.05) is 17.7 Å². The van der Waals surface area contributed by atoms with E-state index in [9.17, 15) is 13.2 Å². The van der Waals surface area contributed by atoms with Gasteiger partial charge in [-0.3, -0.25) is 9.69 Å². The van der Waals surface area contributed by atoms with E-state index in [1.54, 1.807) is 18.2 Å². The summed E-state index contributed by atoms with van der Waals surface area (Å²) >= 11 is 5.95. The lowest BCUT2D eigenvalue weighted by Gasteiger charge is -2.33. The molecule has 2 aromatic rings. The third-order valence-corrected chi connectivity index (χ3v) is 8.19. The normalized spacial score (nSPS) is 18.1. The summed E-state index contributed by atoms with van der Waals surface area (Å²) in [6, 6.07) is 12.4. The maximum absolute atomic E-state index is 12.8. The number of benzene rings is 2. The summed E-state index contributed by atoms with van der Waals surface area (Å²) in [5.74, 6) is -0.0931. The Morgan fingerprint density at radius 2 is 1.72 bits per heavy atom. The van der Waals surface area contributed by atoms with Gasteiger partial charge in [-0.25, -0.2) is 8.42 Å². The number of hydrogen-bond acceptors (Lipinski definition) is 5. The molecule has 0 unspecified atom stereocenters. The molecular weight excluding hydrogens is 448 g/mol. The van der Waals surface area contributed by atoms with E-state index in [2.05, 4.69) is 23.2 Å². The fourth-order valence-corrected chi connectivity index (χ4v) is 6.08. The number of rotatable bonds is 6. The smallest absolute Gasteiger partial charge is 0.243 e. The highest BCUT2D eigenvalue weighted by molar-refractivity contribution is 7.89. The molecule has 1 N–H and O–H groups in total. The third-order valence-electron chi connectivity index (χ3n) is 6.06. The lowest BCUT2D eigenvalue weighted by atomic mass is 10.1. The number of anilines is 2. The van der Waals surface area contributed by atoms with Gasteiger partial charge in [-0.05, 0) is 61.7 Å². The zero-order valence-electron chi connectivity index (χ0n) is 18.3. The van der Waals surface area contributed by atoms with Crippen LogP contribution in [0.15, 0.2) is 47.4 Å². The van der Waals surface area contributed by atoms with Gasteiger partial charge < -0.3 is 10.2 Å². The summed E-state index contributed by atoms with van der Waals surface area (Å²) in [6.07, 6.45) is 2.46. The van der Waals surface area contributed by atoms with E-state index in [1.807, 2.05) is 17.0 Å². The predicted octanol–water partition coefficient (Wildman–Crippen LogP) is 3.19. The van der Waals surface area contributed by atoms with Crippen LogP contribution in [-0.2, 0) is 14.8 Å². The Morgan fingerprint density at radius 1 is 1.00 bits per heavy atom. The Bertz CT molecular complexity index is 1080. The number of piperazine rings is 1. The first-order chi connectivity index (χ1) is 15.3. The van der Waals surface area contributed by atoms with Gasteiger partial charge in [0.2, 0.25) is 15.9 Å². The van der Waals surface area contributed by atoms with Crippen molar-refractivity contribution in [3.63, 3.8) is 0 Å². The van der Waals surface area contributed by atoms with Crippen molar-refractivity contribution in [1.29, 1.82) is 0 Å². The van der Waals surface area contributed by atoms with Crippen LogP contribution in [0.1, 0.15) is 18.4 Å². The SMILES string of the molecule is Cc1cc(NC(=O)CN2CCN(S(=O)(=O)c3cccc(Cl)c3)CC2)ccc1N1CCCC1. The number of sulfonamides is 1. The minimum absolute atomic E-state index is 0.0931. The summed E-state index contributed by atoms with van der Waals surface area (Å²) in [5, 5.41) is 3.37. The monoisotopic (exact) mass is 476 g/mol. The van der Waals surface area contributed by atoms with E-state index in [0.717, 1.165) is 24.3 Å². The van der Waals surface area contributed by atoms with Crippen LogP contribution >= 0.6 is 11.6 Å². The van der Waals surface area contributed by atoms with Gasteiger partial charge in [0.05, 0.1) is 11.4 Å². The first-order valence-electron chi connectivity index (χ1n) is 11.0. The third kappa shape index (κ3) is 5.26. The predicted molar refractivity (Wildman–Crippen MR) is 128 cm³/mol. The number of amides is 1. The van der Waals surface area contributed by atoms with Gasteiger partial charge >= 0.3 is 0 Å². The Hall–Kier alpha value is -2.13. The van der Waals surface area contributed by atoms with E-state index < -0.39 is 10.0 Å². The topological polar surface area (TPSA) is 73.0 Å². The maximum Gasteiger partial charge on any atom is 0.243 e. The van der Waals surface area contributed by atoms with Crippen molar-refractivity contribution in [3.8, 4) is 0 Å². The zero-order valence-corrected chi connectivity index (χ0v) is 19.8. The van der Waals surface area contributed by atoms with Crippen molar-refractivity contribution >= 4 is 38.9 Å². The summed E-state index contributed by atoms with van der Waals surface area (Å²) < 4.78 is 27.1. The van der Waals surface area contributed by atoms with Crippen LogP contribution < -0.4 is 10.2 Å². The van der Waals surface area contributed by atoms with Gasteiger partial charge in [0.25, 0.3) is 0 Å². The summed E-state index contributed by atoms with van der Waals surface area (Å²) in [5.41, 5.74) is 3.18. The Balaban J connectivity index is 1.29. The fraction of sp³-hybridized carbons (Fsp3) is 0.435. The van der Waals surface area contributed by atoms with Crippen molar-refractivity contribution in [2.45, 2.75) is 24.7 Å². The molecule has 172 valence electrons. The van der Waals surface area contributed by atoms with Crippen molar-refractivity contribution in [2.75, 3.05) is 56.0 Å². The van der Waals surface area contributed by atoms with Crippen LogP contribution in [0, 0.1) is 6.92 Å². The van der Waals surface area contributed by atoms with Crippen LogP contribution in [0.4, 0.5) is 11.4 Å². The molecule has 4 rings (SSSR count). The molecule has 0 bridgehead atoms. The maximum atomic E-state index is 12.8. The molecule has 32 heavy (non-hydrogen) atoms. The Morgan fingerprint density at radius 3 is 2.38 bits per heavy atom. The summed E-state index contributed by atoms with van der Waals surface area (Å²) in [7, 11) is -3.58. The highest BCUT2D eigenvalue weighted by Gasteiger charge is 2.29. The number of carbonyl (C=O) groups excluding carboxylic acids is 1. The first kappa shape index (κ1) is 23.0. The lowest BCUT2D eigenvalue weighted by Crippen LogP contribution is -2.50. The molecule has 2 saturated heterocycles. The second-order valence-corrected chi connectivity index (χ2v) is 10.8. The Kier molecular flexibility index (Phi) is 7.05. The van der Waals surface area contributed by atoms with Gasteiger partial charge in [-0.2, -0.15) is 4.31 Å². The van der Waals surface area contributed by atoms with E-state index in [4.69, 9.17) is 11.6 Å². The van der Waals surface area contributed by atoms with E-state index in [-0.39, 0.29) is 17.3 Å². The average Bonchev–Trinajstić information content (AvgIpc) is 3.29. The molecule has 2 aliphatic heterocycles. The number of nitrogens with one attached hydrogen (secondary N) is 1. The van der Waals surface area contributed by atoms with Gasteiger partial charge in [0.1, 0.15) is 0 Å². The van der Waals surface area contributed by atoms with E-state index in [1.165, 1.54) is 28.9 Å². The van der Waals surface area contributed by atoms with E-state index >= 15 is 0 Å². The molecule has 1 amide bonds. The van der Waals surface area contributed by atoms with Crippen LogP contribution in [0.2, 0.25) is 5.02 Å². The van der Waals surface area contributed by atoms with Crippen LogP contribution in [-0.4, -0.2) is 69.3 Å². The van der Waals surface area contributed by atoms with Gasteiger partial charge in [0, 0.05) is 55.7 Å². The number of carbonyl (C=O) groups is 1. The molecule has 0 aliphatic carbocycles. The number of hydrogen-bond donors (Lipinski definition) is 1. The average molecular weight is 477 g/mol. The molecule has 0 radical (unpaired) electrons. The molecule has 2 fully saturated rings. The van der Waals surface area contributed by atoms with Gasteiger partial charge in [-0.15, -0.1) is 0 Å². The highest BCUT2D eigenvalue weighted by atomic mass is 35.5. The molecule has 2 heterocycles. The molecule has 0 atom stereocenters. The molecule has 0 saturated carbocycles. The fourth-order valence-electron chi connectivity index (χ4n) is 4.35. The molecule has 2 aliphatic rings. The van der Waals surface area contributed by atoms with E-state index in [0.29, 0.717) is 31.2 Å². The summed E-state index contributed by atoms with van der Waals surface area (Å²) in [4.78, 5) is 17.1. The zero-order chi connectivity index (χ0) is 22.7. The molecule has 7 nitrogen and oxygen atoms in total. The first-order valence-corrected chi connectivity index (χ1v) is 12.8.